The van der Waals surface area contributed by atoms with Crippen molar-refractivity contribution in [2.24, 2.45) is 0 Å². The van der Waals surface area contributed by atoms with Crippen molar-refractivity contribution in [3.05, 3.63) is 29.3 Å². The van der Waals surface area contributed by atoms with E-state index in [9.17, 15) is 22.0 Å². The third-order valence-electron chi connectivity index (χ3n) is 2.34. The number of carboxylic acid groups (broad SMARTS) is 1. The maximum Gasteiger partial charge on any atom is 0.341 e. The van der Waals surface area contributed by atoms with Gasteiger partial charge in [-0.25, -0.2) is 22.0 Å². The normalized spacial score (nSPS) is 11.0. The number of carbonyl (C=O) groups is 1. The number of halogens is 2. The average Bonchev–Trinajstić information content (AvgIpc) is 2.28. The van der Waals surface area contributed by atoms with Crippen molar-refractivity contribution in [2.75, 3.05) is 5.75 Å². The Labute approximate surface area is 109 Å². The molecule has 1 rings (SSSR count). The molecule has 0 aliphatic carbocycles. The number of carboxylic acids is 1. The van der Waals surface area contributed by atoms with Crippen molar-refractivity contribution >= 4 is 15.8 Å². The van der Waals surface area contributed by atoms with Crippen LogP contribution in [0.2, 0.25) is 0 Å². The molecule has 0 spiro atoms. The summed E-state index contributed by atoms with van der Waals surface area (Å²) in [5, 5.41) is 8.65. The highest BCUT2D eigenvalue weighted by molar-refractivity contribution is 7.91. The topological polar surface area (TPSA) is 71.4 Å². The molecule has 19 heavy (non-hydrogen) atoms. The molecule has 0 bridgehead atoms. The number of benzene rings is 1. The second-order valence-electron chi connectivity index (χ2n) is 3.67. The monoisotopic (exact) mass is 288 g/mol. The highest BCUT2D eigenvalue weighted by atomic mass is 32.2. The molecule has 7 heteroatoms. The first-order valence-corrected chi connectivity index (χ1v) is 6.84. The van der Waals surface area contributed by atoms with Crippen LogP contribution >= 0.6 is 0 Å². The fourth-order valence-electron chi connectivity index (χ4n) is 1.44. The van der Waals surface area contributed by atoms with E-state index in [2.05, 4.69) is 5.92 Å². The van der Waals surface area contributed by atoms with E-state index in [-0.39, 0.29) is 12.8 Å². The minimum atomic E-state index is -4.04. The molecule has 0 aromatic heterocycles. The minimum absolute atomic E-state index is 0.109. The molecule has 0 aliphatic rings. The Balaban J connectivity index is 3.26. The van der Waals surface area contributed by atoms with Gasteiger partial charge in [-0.05, 0) is 18.6 Å². The molecule has 0 fully saturated rings. The third-order valence-corrected chi connectivity index (χ3v) is 4.15. The molecule has 1 N–H and O–H groups in total. The van der Waals surface area contributed by atoms with Crippen LogP contribution < -0.4 is 0 Å². The van der Waals surface area contributed by atoms with Gasteiger partial charge >= 0.3 is 5.97 Å². The van der Waals surface area contributed by atoms with Crippen LogP contribution in [0.5, 0.6) is 0 Å². The van der Waals surface area contributed by atoms with Crippen molar-refractivity contribution in [3.8, 4) is 12.3 Å². The van der Waals surface area contributed by atoms with Crippen LogP contribution in [-0.4, -0.2) is 25.2 Å². The molecule has 4 nitrogen and oxygen atoms in total. The number of terminal acetylenes is 1. The Morgan fingerprint density at radius 3 is 2.53 bits per heavy atom. The first-order chi connectivity index (χ1) is 8.81. The fraction of sp³-hybridized carbons (Fsp3) is 0.250. The van der Waals surface area contributed by atoms with Crippen molar-refractivity contribution in [3.63, 3.8) is 0 Å². The lowest BCUT2D eigenvalue weighted by Gasteiger charge is -2.07. The molecule has 0 atom stereocenters. The summed E-state index contributed by atoms with van der Waals surface area (Å²) in [4.78, 5) is 9.85. The van der Waals surface area contributed by atoms with Gasteiger partial charge in [-0.3, -0.25) is 0 Å². The molecule has 0 saturated heterocycles. The zero-order valence-electron chi connectivity index (χ0n) is 9.69. The molecule has 0 amide bonds. The van der Waals surface area contributed by atoms with Crippen molar-refractivity contribution in [1.82, 2.24) is 0 Å². The van der Waals surface area contributed by atoms with Gasteiger partial charge in [-0.2, -0.15) is 0 Å². The molecule has 0 aliphatic heterocycles. The summed E-state index contributed by atoms with van der Waals surface area (Å²) in [7, 11) is -4.04. The van der Waals surface area contributed by atoms with Gasteiger partial charge in [-0.1, -0.05) is 0 Å². The fourth-order valence-corrected chi connectivity index (χ4v) is 2.84. The molecule has 1 aromatic carbocycles. The highest BCUT2D eigenvalue weighted by Gasteiger charge is 2.26. The molecule has 102 valence electrons. The summed E-state index contributed by atoms with van der Waals surface area (Å²) in [6, 6.07) is 1.32. The summed E-state index contributed by atoms with van der Waals surface area (Å²) in [6.07, 6.45) is 5.26. The average molecular weight is 288 g/mol. The second kappa shape index (κ2) is 5.80. The summed E-state index contributed by atoms with van der Waals surface area (Å²) >= 11 is 0. The first kappa shape index (κ1) is 15.1. The van der Waals surface area contributed by atoms with Gasteiger partial charge in [0.25, 0.3) is 0 Å². The Morgan fingerprint density at radius 1 is 1.37 bits per heavy atom. The van der Waals surface area contributed by atoms with Gasteiger partial charge in [0.15, 0.2) is 15.7 Å². The van der Waals surface area contributed by atoms with Gasteiger partial charge in [0, 0.05) is 6.42 Å². The van der Waals surface area contributed by atoms with E-state index >= 15 is 0 Å². The van der Waals surface area contributed by atoms with Gasteiger partial charge in [0.05, 0.1) is 5.75 Å². The molecular weight excluding hydrogens is 278 g/mol. The Hall–Kier alpha value is -1.94. The van der Waals surface area contributed by atoms with Gasteiger partial charge < -0.3 is 5.11 Å². The van der Waals surface area contributed by atoms with E-state index in [1.165, 1.54) is 0 Å². The molecular formula is C12H10F2O4S. The van der Waals surface area contributed by atoms with E-state index < -0.39 is 43.7 Å². The number of unbranched alkanes of at least 4 members (excludes halogenated alkanes) is 1. The lowest BCUT2D eigenvalue weighted by Crippen LogP contribution is -2.13. The number of rotatable bonds is 5. The maximum absolute atomic E-state index is 13.7. The first-order valence-electron chi connectivity index (χ1n) is 5.18. The summed E-state index contributed by atoms with van der Waals surface area (Å²) in [5.41, 5.74) is -1.28. The number of sulfone groups is 1. The summed E-state index contributed by atoms with van der Waals surface area (Å²) < 4.78 is 50.5. The quantitative estimate of drug-likeness (QED) is 0.510. The van der Waals surface area contributed by atoms with E-state index in [1.807, 2.05) is 0 Å². The molecule has 0 heterocycles. The Bertz CT molecular complexity index is 644. The predicted molar refractivity (Wildman–Crippen MR) is 63.4 cm³/mol. The largest absolute Gasteiger partial charge is 0.477 e. The predicted octanol–water partition coefficient (Wildman–Crippen LogP) is 1.85. The third kappa shape index (κ3) is 3.29. The lowest BCUT2D eigenvalue weighted by molar-refractivity contribution is 0.0685. The molecule has 0 saturated carbocycles. The maximum atomic E-state index is 13.7. The zero-order chi connectivity index (χ0) is 14.6. The van der Waals surface area contributed by atoms with E-state index in [0.29, 0.717) is 12.1 Å². The van der Waals surface area contributed by atoms with Crippen LogP contribution in [-0.2, 0) is 9.84 Å². The lowest BCUT2D eigenvalue weighted by atomic mass is 10.2. The standard InChI is InChI=1S/C12H10F2O4S/c1-2-3-4-7-19(17,18)9-6-5-8(13)10(11(9)14)12(15)16/h1,5-6H,3-4,7H2,(H,15,16). The van der Waals surface area contributed by atoms with Gasteiger partial charge in [-0.15, -0.1) is 12.3 Å². The van der Waals surface area contributed by atoms with Gasteiger partial charge in [0.1, 0.15) is 16.3 Å². The highest BCUT2D eigenvalue weighted by Crippen LogP contribution is 2.22. The zero-order valence-corrected chi connectivity index (χ0v) is 10.5. The van der Waals surface area contributed by atoms with Crippen molar-refractivity contribution < 1.29 is 27.1 Å². The number of hydrogen-bond donors (Lipinski definition) is 1. The Kier molecular flexibility index (Phi) is 4.62. The number of hydrogen-bond acceptors (Lipinski definition) is 3. The van der Waals surface area contributed by atoms with E-state index in [0.717, 1.165) is 0 Å². The van der Waals surface area contributed by atoms with Crippen LogP contribution in [0.3, 0.4) is 0 Å². The van der Waals surface area contributed by atoms with Crippen LogP contribution in [0.4, 0.5) is 8.78 Å². The van der Waals surface area contributed by atoms with Crippen molar-refractivity contribution in [2.45, 2.75) is 17.7 Å². The SMILES string of the molecule is C#CCCCS(=O)(=O)c1ccc(F)c(C(=O)O)c1F. The van der Waals surface area contributed by atoms with Crippen molar-refractivity contribution in [1.29, 1.82) is 0 Å². The second-order valence-corrected chi connectivity index (χ2v) is 5.74. The summed E-state index contributed by atoms with van der Waals surface area (Å²) in [6.45, 7) is 0. The Morgan fingerprint density at radius 2 is 2.00 bits per heavy atom. The van der Waals surface area contributed by atoms with Crippen LogP contribution in [0.1, 0.15) is 23.2 Å². The molecule has 0 unspecified atom stereocenters. The van der Waals surface area contributed by atoms with Crippen LogP contribution in [0.15, 0.2) is 17.0 Å². The summed E-state index contributed by atoms with van der Waals surface area (Å²) in [5.74, 6) is -2.98. The smallest absolute Gasteiger partial charge is 0.341 e. The van der Waals surface area contributed by atoms with Gasteiger partial charge in [0.2, 0.25) is 0 Å². The molecule has 0 radical (unpaired) electrons. The number of aromatic carboxylic acids is 1. The van der Waals surface area contributed by atoms with Crippen LogP contribution in [0.25, 0.3) is 0 Å². The van der Waals surface area contributed by atoms with E-state index in [1.54, 1.807) is 0 Å². The van der Waals surface area contributed by atoms with Crippen LogP contribution in [0, 0.1) is 24.0 Å². The minimum Gasteiger partial charge on any atom is -0.477 e. The molecule has 1 aromatic rings. The van der Waals surface area contributed by atoms with E-state index in [4.69, 9.17) is 11.5 Å².